The van der Waals surface area contributed by atoms with Crippen LogP contribution in [0.25, 0.3) is 0 Å². The molecular formula is C14H16N2OS2. The van der Waals surface area contributed by atoms with E-state index in [0.29, 0.717) is 11.1 Å². The highest BCUT2D eigenvalue weighted by Gasteiger charge is 2.11. The van der Waals surface area contributed by atoms with E-state index in [2.05, 4.69) is 34.7 Å². The molecule has 3 nitrogen and oxygen atoms in total. The molecule has 5 heteroatoms. The summed E-state index contributed by atoms with van der Waals surface area (Å²) in [5.74, 6) is 1.97. The summed E-state index contributed by atoms with van der Waals surface area (Å²) in [6.07, 6.45) is 0. The molecule has 0 aliphatic carbocycles. The van der Waals surface area contributed by atoms with Crippen molar-refractivity contribution < 1.29 is 0 Å². The van der Waals surface area contributed by atoms with Gasteiger partial charge in [0.15, 0.2) is 5.16 Å². The van der Waals surface area contributed by atoms with E-state index in [4.69, 9.17) is 0 Å². The first kappa shape index (κ1) is 14.2. The Morgan fingerprint density at radius 3 is 2.74 bits per heavy atom. The lowest BCUT2D eigenvalue weighted by atomic mass is 10.0. The lowest BCUT2D eigenvalue weighted by Crippen LogP contribution is -2.10. The number of thioether (sulfide) groups is 1. The van der Waals surface area contributed by atoms with E-state index in [1.165, 1.54) is 11.6 Å². The molecule has 1 heterocycles. The number of aromatic nitrogens is 2. The van der Waals surface area contributed by atoms with Crippen LogP contribution in [0.5, 0.6) is 0 Å². The highest BCUT2D eigenvalue weighted by atomic mass is 32.2. The number of hydrogen-bond acceptors (Lipinski definition) is 4. The number of thiol groups is 1. The van der Waals surface area contributed by atoms with Crippen LogP contribution in [0.2, 0.25) is 0 Å². The zero-order valence-corrected chi connectivity index (χ0v) is 12.4. The van der Waals surface area contributed by atoms with Crippen LogP contribution in [0.1, 0.15) is 17.2 Å². The van der Waals surface area contributed by atoms with Crippen molar-refractivity contribution in [1.82, 2.24) is 9.97 Å². The molecule has 0 spiro atoms. The van der Waals surface area contributed by atoms with E-state index in [1.54, 1.807) is 11.8 Å². The van der Waals surface area contributed by atoms with Crippen LogP contribution in [0.15, 0.2) is 46.3 Å². The molecule has 0 saturated heterocycles. The first-order chi connectivity index (χ1) is 9.19. The van der Waals surface area contributed by atoms with Crippen molar-refractivity contribution in [3.8, 4) is 0 Å². The molecule has 2 rings (SSSR count). The summed E-state index contributed by atoms with van der Waals surface area (Å²) in [6, 6.07) is 11.8. The summed E-state index contributed by atoms with van der Waals surface area (Å²) < 4.78 is 0. The van der Waals surface area contributed by atoms with Crippen LogP contribution in [0.3, 0.4) is 0 Å². The van der Waals surface area contributed by atoms with Crippen molar-refractivity contribution in [3.63, 3.8) is 0 Å². The van der Waals surface area contributed by atoms with Crippen LogP contribution >= 0.6 is 24.4 Å². The fraction of sp³-hybridized carbons (Fsp3) is 0.286. The highest BCUT2D eigenvalue weighted by Crippen LogP contribution is 2.24. The molecule has 0 bridgehead atoms. The molecule has 0 saturated carbocycles. The number of H-pyrrole nitrogens is 1. The minimum atomic E-state index is -0.0999. The number of hydrogen-bond donors (Lipinski definition) is 2. The predicted octanol–water partition coefficient (Wildman–Crippen LogP) is 2.88. The van der Waals surface area contributed by atoms with Crippen LogP contribution in [0.4, 0.5) is 0 Å². The van der Waals surface area contributed by atoms with E-state index in [1.807, 2.05) is 25.1 Å². The van der Waals surface area contributed by atoms with E-state index in [0.717, 1.165) is 17.2 Å². The Bertz CT molecular complexity index is 583. The van der Waals surface area contributed by atoms with E-state index in [9.17, 15) is 4.79 Å². The summed E-state index contributed by atoms with van der Waals surface area (Å²) in [4.78, 5) is 18.4. The second-order valence-corrected chi connectivity index (χ2v) is 5.67. The van der Waals surface area contributed by atoms with E-state index >= 15 is 0 Å². The van der Waals surface area contributed by atoms with Gasteiger partial charge in [0.25, 0.3) is 5.56 Å². The quantitative estimate of drug-likeness (QED) is 0.506. The molecule has 0 fully saturated rings. The van der Waals surface area contributed by atoms with Crippen molar-refractivity contribution in [2.45, 2.75) is 18.0 Å². The lowest BCUT2D eigenvalue weighted by molar-refractivity contribution is 0.873. The molecule has 100 valence electrons. The highest BCUT2D eigenvalue weighted by molar-refractivity contribution is 7.99. The number of rotatable bonds is 5. The molecule has 0 aliphatic rings. The topological polar surface area (TPSA) is 45.8 Å². The first-order valence-electron chi connectivity index (χ1n) is 6.05. The molecule has 1 unspecified atom stereocenters. The van der Waals surface area contributed by atoms with Gasteiger partial charge in [-0.3, -0.25) is 4.79 Å². The van der Waals surface area contributed by atoms with E-state index in [-0.39, 0.29) is 5.56 Å². The predicted molar refractivity (Wildman–Crippen MR) is 83.4 cm³/mol. The molecule has 2 aromatic rings. The third kappa shape index (κ3) is 4.14. The van der Waals surface area contributed by atoms with Gasteiger partial charge in [0, 0.05) is 23.4 Å². The molecule has 1 atom stereocenters. The van der Waals surface area contributed by atoms with Gasteiger partial charge in [-0.25, -0.2) is 4.98 Å². The summed E-state index contributed by atoms with van der Waals surface area (Å²) >= 11 is 5.97. The van der Waals surface area contributed by atoms with Gasteiger partial charge in [-0.15, -0.1) is 0 Å². The molecule has 19 heavy (non-hydrogen) atoms. The van der Waals surface area contributed by atoms with Gasteiger partial charge in [-0.2, -0.15) is 12.6 Å². The third-order valence-electron chi connectivity index (χ3n) is 2.76. The maximum absolute atomic E-state index is 11.4. The molecule has 1 N–H and O–H groups in total. The van der Waals surface area contributed by atoms with Crippen molar-refractivity contribution in [2.75, 3.05) is 11.5 Å². The number of aryl methyl sites for hydroxylation is 1. The van der Waals surface area contributed by atoms with Gasteiger partial charge in [0.1, 0.15) is 0 Å². The number of aromatic amines is 1. The third-order valence-corrected chi connectivity index (χ3v) is 4.24. The molecule has 1 aromatic carbocycles. The van der Waals surface area contributed by atoms with Crippen molar-refractivity contribution >= 4 is 24.4 Å². The SMILES string of the molecule is Cc1cc(=O)[nH]c(SCC(CS)c2ccccc2)n1. The van der Waals surface area contributed by atoms with Crippen LogP contribution in [-0.2, 0) is 0 Å². The summed E-state index contributed by atoms with van der Waals surface area (Å²) in [5, 5.41) is 0.674. The largest absolute Gasteiger partial charge is 0.301 e. The van der Waals surface area contributed by atoms with Gasteiger partial charge in [0.05, 0.1) is 0 Å². The fourth-order valence-electron chi connectivity index (χ4n) is 1.78. The molecule has 0 radical (unpaired) electrons. The lowest BCUT2D eigenvalue weighted by Gasteiger charge is -2.13. The maximum atomic E-state index is 11.4. The van der Waals surface area contributed by atoms with Gasteiger partial charge < -0.3 is 4.98 Å². The van der Waals surface area contributed by atoms with Crippen LogP contribution in [0, 0.1) is 6.92 Å². The van der Waals surface area contributed by atoms with E-state index < -0.39 is 0 Å². The standard InChI is InChI=1S/C14H16N2OS2/c1-10-7-13(17)16-14(15-10)19-9-12(8-18)11-5-3-2-4-6-11/h2-7,12,18H,8-9H2,1H3,(H,15,16,17). The second-order valence-electron chi connectivity index (χ2n) is 4.29. The monoisotopic (exact) mass is 292 g/mol. The smallest absolute Gasteiger partial charge is 0.251 e. The Kier molecular flexibility index (Phi) is 5.10. The Balaban J connectivity index is 2.06. The molecule has 1 aromatic heterocycles. The van der Waals surface area contributed by atoms with Gasteiger partial charge >= 0.3 is 0 Å². The number of benzene rings is 1. The summed E-state index contributed by atoms with van der Waals surface area (Å²) in [7, 11) is 0. The van der Waals surface area contributed by atoms with Gasteiger partial charge in [0.2, 0.25) is 0 Å². The molecule has 0 aliphatic heterocycles. The summed E-state index contributed by atoms with van der Waals surface area (Å²) in [5.41, 5.74) is 1.91. The van der Waals surface area contributed by atoms with Crippen LogP contribution in [-0.4, -0.2) is 21.5 Å². The Labute approximate surface area is 122 Å². The minimum absolute atomic E-state index is 0.0999. The van der Waals surface area contributed by atoms with Crippen LogP contribution < -0.4 is 5.56 Å². The van der Waals surface area contributed by atoms with Gasteiger partial charge in [-0.1, -0.05) is 42.1 Å². The molecular weight excluding hydrogens is 276 g/mol. The van der Waals surface area contributed by atoms with Gasteiger partial charge in [-0.05, 0) is 18.2 Å². The number of nitrogens with zero attached hydrogens (tertiary/aromatic N) is 1. The first-order valence-corrected chi connectivity index (χ1v) is 7.67. The zero-order valence-electron chi connectivity index (χ0n) is 10.7. The molecule has 0 amide bonds. The van der Waals surface area contributed by atoms with Crippen molar-refractivity contribution in [3.05, 3.63) is 58.0 Å². The maximum Gasteiger partial charge on any atom is 0.251 e. The zero-order chi connectivity index (χ0) is 13.7. The Morgan fingerprint density at radius 2 is 2.11 bits per heavy atom. The summed E-state index contributed by atoms with van der Waals surface area (Å²) in [6.45, 7) is 1.83. The average Bonchev–Trinajstić information content (AvgIpc) is 2.39. The van der Waals surface area contributed by atoms with Crippen molar-refractivity contribution in [2.24, 2.45) is 0 Å². The normalized spacial score (nSPS) is 12.3. The second kappa shape index (κ2) is 6.82. The fourth-order valence-corrected chi connectivity index (χ4v) is 3.34. The van der Waals surface area contributed by atoms with Crippen molar-refractivity contribution in [1.29, 1.82) is 0 Å². The number of nitrogens with one attached hydrogen (secondary N) is 1. The Morgan fingerprint density at radius 1 is 1.37 bits per heavy atom. The Hall–Kier alpha value is -1.20. The average molecular weight is 292 g/mol. The minimum Gasteiger partial charge on any atom is -0.301 e.